The highest BCUT2D eigenvalue weighted by atomic mass is 16.5. The highest BCUT2D eigenvalue weighted by Crippen LogP contribution is 2.34. The Morgan fingerprint density at radius 1 is 1.57 bits per heavy atom. The minimum absolute atomic E-state index is 0.119. The molecule has 2 heterocycles. The number of rotatable bonds is 4. The highest BCUT2D eigenvalue weighted by molar-refractivity contribution is 5.69. The van der Waals surface area contributed by atoms with E-state index in [1.54, 1.807) is 6.92 Å². The zero-order valence-electron chi connectivity index (χ0n) is 12.0. The lowest BCUT2D eigenvalue weighted by molar-refractivity contribution is -0.142. The van der Waals surface area contributed by atoms with Crippen molar-refractivity contribution in [3.05, 3.63) is 32.6 Å². The Kier molecular flexibility index (Phi) is 4.59. The van der Waals surface area contributed by atoms with Crippen LogP contribution in [0.15, 0.2) is 15.8 Å². The largest absolute Gasteiger partial charge is 0.469 e. The molecule has 0 radical (unpaired) electrons. The summed E-state index contributed by atoms with van der Waals surface area (Å²) in [6.07, 6.45) is 1.23. The molecule has 2 rings (SSSR count). The number of carbonyl (C=O) groups excluding carboxylic acids is 1. The lowest BCUT2D eigenvalue weighted by atomic mass is 9.97. The predicted molar refractivity (Wildman–Crippen MR) is 73.8 cm³/mol. The second-order valence-electron chi connectivity index (χ2n) is 5.12. The number of methoxy groups -OCH3 is 1. The second-order valence-corrected chi connectivity index (χ2v) is 5.12. The SMILES string of the molecule is COC(=O)C[C@H]1C[C@H](n2cc(C)c(=O)[nH]c2=O)O[C@@H]1CN. The third-order valence-corrected chi connectivity index (χ3v) is 3.71. The number of ether oxygens (including phenoxy) is 2. The van der Waals surface area contributed by atoms with E-state index in [2.05, 4.69) is 9.72 Å². The summed E-state index contributed by atoms with van der Waals surface area (Å²) in [6, 6.07) is 0. The van der Waals surface area contributed by atoms with Gasteiger partial charge in [0.15, 0.2) is 0 Å². The molecule has 1 fully saturated rings. The van der Waals surface area contributed by atoms with Crippen molar-refractivity contribution in [2.75, 3.05) is 13.7 Å². The van der Waals surface area contributed by atoms with Gasteiger partial charge in [-0.3, -0.25) is 19.1 Å². The number of hydrogen-bond donors (Lipinski definition) is 2. The van der Waals surface area contributed by atoms with Crippen LogP contribution in [0.1, 0.15) is 24.6 Å². The van der Waals surface area contributed by atoms with Crippen LogP contribution < -0.4 is 17.0 Å². The van der Waals surface area contributed by atoms with Crippen molar-refractivity contribution in [2.24, 2.45) is 11.7 Å². The van der Waals surface area contributed by atoms with Gasteiger partial charge in [0.05, 0.1) is 19.6 Å². The van der Waals surface area contributed by atoms with E-state index in [9.17, 15) is 14.4 Å². The first-order valence-corrected chi connectivity index (χ1v) is 6.70. The highest BCUT2D eigenvalue weighted by Gasteiger charge is 2.37. The Hall–Kier alpha value is -1.93. The maximum atomic E-state index is 11.9. The van der Waals surface area contributed by atoms with Crippen LogP contribution in [0.4, 0.5) is 0 Å². The number of carbonyl (C=O) groups is 1. The van der Waals surface area contributed by atoms with Gasteiger partial charge in [-0.1, -0.05) is 0 Å². The molecule has 1 aliphatic rings. The molecule has 1 aromatic rings. The topological polar surface area (TPSA) is 116 Å². The number of hydrogen-bond acceptors (Lipinski definition) is 6. The molecule has 21 heavy (non-hydrogen) atoms. The van der Waals surface area contributed by atoms with E-state index in [4.69, 9.17) is 10.5 Å². The van der Waals surface area contributed by atoms with Gasteiger partial charge in [-0.2, -0.15) is 0 Å². The van der Waals surface area contributed by atoms with Gasteiger partial charge in [0.2, 0.25) is 0 Å². The van der Waals surface area contributed by atoms with Gasteiger partial charge in [-0.25, -0.2) is 4.79 Å². The van der Waals surface area contributed by atoms with Crippen LogP contribution in [0.2, 0.25) is 0 Å². The lowest BCUT2D eigenvalue weighted by Crippen LogP contribution is -2.33. The number of aryl methyl sites for hydroxylation is 1. The standard InChI is InChI=1S/C13H19N3O5/c1-7-6-16(13(19)15-12(7)18)10-3-8(4-11(17)20-2)9(5-14)21-10/h6,8-10H,3-5,14H2,1-2H3,(H,15,18,19)/t8-,9-,10-/m1/s1. The molecule has 0 spiro atoms. The van der Waals surface area contributed by atoms with E-state index >= 15 is 0 Å². The average molecular weight is 297 g/mol. The van der Waals surface area contributed by atoms with Crippen LogP contribution in [0.25, 0.3) is 0 Å². The van der Waals surface area contributed by atoms with Gasteiger partial charge >= 0.3 is 11.7 Å². The summed E-state index contributed by atoms with van der Waals surface area (Å²) >= 11 is 0. The number of aromatic amines is 1. The quantitative estimate of drug-likeness (QED) is 0.708. The number of esters is 1. The summed E-state index contributed by atoms with van der Waals surface area (Å²) in [5.74, 6) is -0.459. The first-order chi connectivity index (χ1) is 9.96. The molecule has 8 nitrogen and oxygen atoms in total. The van der Waals surface area contributed by atoms with Crippen LogP contribution in [-0.4, -0.2) is 35.3 Å². The summed E-state index contributed by atoms with van der Waals surface area (Å²) in [4.78, 5) is 36.9. The molecule has 116 valence electrons. The molecule has 0 aromatic carbocycles. The van der Waals surface area contributed by atoms with Crippen LogP contribution in [-0.2, 0) is 14.3 Å². The van der Waals surface area contributed by atoms with E-state index in [-0.39, 0.29) is 31.0 Å². The fourth-order valence-electron chi connectivity index (χ4n) is 2.52. The molecular weight excluding hydrogens is 278 g/mol. The van der Waals surface area contributed by atoms with E-state index in [0.717, 1.165) is 0 Å². The molecule has 0 unspecified atom stereocenters. The van der Waals surface area contributed by atoms with E-state index in [1.807, 2.05) is 0 Å². The van der Waals surface area contributed by atoms with Crippen molar-refractivity contribution in [3.63, 3.8) is 0 Å². The van der Waals surface area contributed by atoms with Crippen molar-refractivity contribution in [1.82, 2.24) is 9.55 Å². The zero-order chi connectivity index (χ0) is 15.6. The molecule has 0 amide bonds. The van der Waals surface area contributed by atoms with Gasteiger partial charge in [0.25, 0.3) is 5.56 Å². The minimum Gasteiger partial charge on any atom is -0.469 e. The lowest BCUT2D eigenvalue weighted by Gasteiger charge is -2.15. The van der Waals surface area contributed by atoms with Gasteiger partial charge in [0.1, 0.15) is 6.23 Å². The Balaban J connectivity index is 2.23. The number of H-pyrrole nitrogens is 1. The van der Waals surface area contributed by atoms with Crippen molar-refractivity contribution in [1.29, 1.82) is 0 Å². The molecule has 3 N–H and O–H groups in total. The molecule has 0 saturated carbocycles. The fraction of sp³-hybridized carbons (Fsp3) is 0.615. The summed E-state index contributed by atoms with van der Waals surface area (Å²) < 4.78 is 11.7. The maximum absolute atomic E-state index is 11.9. The minimum atomic E-state index is -0.545. The zero-order valence-corrected chi connectivity index (χ0v) is 12.0. The van der Waals surface area contributed by atoms with Gasteiger partial charge in [0, 0.05) is 24.2 Å². The molecule has 1 saturated heterocycles. The average Bonchev–Trinajstić information content (AvgIpc) is 2.85. The molecule has 0 bridgehead atoms. The second kappa shape index (κ2) is 6.23. The van der Waals surface area contributed by atoms with Gasteiger partial charge in [-0.15, -0.1) is 0 Å². The van der Waals surface area contributed by atoms with Crippen molar-refractivity contribution in [2.45, 2.75) is 32.1 Å². The molecule has 1 aliphatic heterocycles. The fourth-order valence-corrected chi connectivity index (χ4v) is 2.52. The predicted octanol–water partition coefficient (Wildman–Crippen LogP) is -0.729. The van der Waals surface area contributed by atoms with E-state index in [1.165, 1.54) is 17.9 Å². The number of nitrogens with one attached hydrogen (secondary N) is 1. The monoisotopic (exact) mass is 297 g/mol. The summed E-state index contributed by atoms with van der Waals surface area (Å²) in [5, 5.41) is 0. The van der Waals surface area contributed by atoms with Crippen LogP contribution in [0, 0.1) is 12.8 Å². The molecule has 0 aliphatic carbocycles. The summed E-state index contributed by atoms with van der Waals surface area (Å²) in [7, 11) is 1.32. The van der Waals surface area contributed by atoms with Crippen LogP contribution in [0.3, 0.4) is 0 Å². The molecule has 1 aromatic heterocycles. The van der Waals surface area contributed by atoms with Crippen molar-refractivity contribution >= 4 is 5.97 Å². The summed E-state index contributed by atoms with van der Waals surface area (Å²) in [5.41, 5.74) is 5.11. The number of nitrogens with two attached hydrogens (primary N) is 1. The van der Waals surface area contributed by atoms with Crippen LogP contribution >= 0.6 is 0 Å². The molecule has 3 atom stereocenters. The smallest absolute Gasteiger partial charge is 0.330 e. The summed E-state index contributed by atoms with van der Waals surface area (Å²) in [6.45, 7) is 1.85. The Labute approximate surface area is 120 Å². The molecule has 8 heteroatoms. The molecular formula is C13H19N3O5. The Bertz CT molecular complexity index is 635. The number of aromatic nitrogens is 2. The van der Waals surface area contributed by atoms with Crippen molar-refractivity contribution in [3.8, 4) is 0 Å². The van der Waals surface area contributed by atoms with Gasteiger partial charge < -0.3 is 15.2 Å². The normalized spacial score (nSPS) is 25.0. The van der Waals surface area contributed by atoms with Crippen LogP contribution in [0.5, 0.6) is 0 Å². The van der Waals surface area contributed by atoms with E-state index < -0.39 is 17.5 Å². The Morgan fingerprint density at radius 2 is 2.29 bits per heavy atom. The van der Waals surface area contributed by atoms with Gasteiger partial charge in [-0.05, 0) is 13.3 Å². The maximum Gasteiger partial charge on any atom is 0.330 e. The van der Waals surface area contributed by atoms with Crippen molar-refractivity contribution < 1.29 is 14.3 Å². The third kappa shape index (κ3) is 3.22. The van der Waals surface area contributed by atoms with E-state index in [0.29, 0.717) is 12.0 Å². The third-order valence-electron chi connectivity index (χ3n) is 3.71. The number of nitrogens with zero attached hydrogens (tertiary/aromatic N) is 1. The first kappa shape index (κ1) is 15.5. The first-order valence-electron chi connectivity index (χ1n) is 6.70. The Morgan fingerprint density at radius 3 is 2.90 bits per heavy atom.